The number of carbonyl (C=O) groups excluding carboxylic acids is 1. The van der Waals surface area contributed by atoms with Gasteiger partial charge in [-0.3, -0.25) is 9.20 Å². The van der Waals surface area contributed by atoms with E-state index < -0.39 is 11.4 Å². The maximum Gasteiger partial charge on any atom is 0.410 e. The first-order valence-corrected chi connectivity index (χ1v) is 10.7. The Labute approximate surface area is 191 Å². The molecule has 0 spiro atoms. The van der Waals surface area contributed by atoms with E-state index in [0.717, 1.165) is 0 Å². The monoisotopic (exact) mass is 454 g/mol. The third-order valence-corrected chi connectivity index (χ3v) is 5.39. The van der Waals surface area contributed by atoms with Gasteiger partial charge in [-0.25, -0.2) is 14.2 Å². The van der Waals surface area contributed by atoms with E-state index in [1.54, 1.807) is 35.4 Å². The van der Waals surface area contributed by atoms with Crippen molar-refractivity contribution in [1.82, 2.24) is 14.3 Å². The zero-order valence-electron chi connectivity index (χ0n) is 19.2. The minimum Gasteiger partial charge on any atom is -0.494 e. The summed E-state index contributed by atoms with van der Waals surface area (Å²) < 4.78 is 25.9. The molecule has 1 saturated heterocycles. The summed E-state index contributed by atoms with van der Waals surface area (Å²) in [5, 5.41) is 0. The van der Waals surface area contributed by atoms with Crippen molar-refractivity contribution in [2.45, 2.75) is 26.4 Å². The molecular weight excluding hydrogens is 427 g/mol. The fraction of sp³-hybridized carbons (Fsp3) is 0.375. The zero-order chi connectivity index (χ0) is 23.8. The van der Waals surface area contributed by atoms with Crippen LogP contribution in [-0.4, -0.2) is 59.3 Å². The summed E-state index contributed by atoms with van der Waals surface area (Å²) in [6.07, 6.45) is 1.31. The van der Waals surface area contributed by atoms with Crippen molar-refractivity contribution in [3.05, 3.63) is 58.8 Å². The van der Waals surface area contributed by atoms with Crippen LogP contribution in [0.5, 0.6) is 5.75 Å². The number of ether oxygens (including phenoxy) is 2. The smallest absolute Gasteiger partial charge is 0.410 e. The van der Waals surface area contributed by atoms with Crippen LogP contribution in [0.15, 0.2) is 47.4 Å². The minimum atomic E-state index is -0.542. The molecule has 1 amide bonds. The normalized spacial score (nSPS) is 14.5. The molecule has 0 unspecified atom stereocenters. The van der Waals surface area contributed by atoms with Crippen LogP contribution in [0.2, 0.25) is 0 Å². The molecule has 8 nitrogen and oxygen atoms in total. The van der Waals surface area contributed by atoms with Gasteiger partial charge in [0.1, 0.15) is 17.1 Å². The van der Waals surface area contributed by atoms with Gasteiger partial charge in [-0.1, -0.05) is 6.07 Å². The number of fused-ring (bicyclic) bond motifs is 1. The summed E-state index contributed by atoms with van der Waals surface area (Å²) in [6.45, 7) is 7.57. The van der Waals surface area contributed by atoms with Gasteiger partial charge in [0.2, 0.25) is 0 Å². The summed E-state index contributed by atoms with van der Waals surface area (Å²) >= 11 is 0. The van der Waals surface area contributed by atoms with Crippen molar-refractivity contribution in [1.29, 1.82) is 0 Å². The molecule has 0 atom stereocenters. The van der Waals surface area contributed by atoms with E-state index in [9.17, 15) is 14.0 Å². The highest BCUT2D eigenvalue weighted by Gasteiger charge is 2.26. The predicted molar refractivity (Wildman–Crippen MR) is 123 cm³/mol. The third-order valence-electron chi connectivity index (χ3n) is 5.39. The first kappa shape index (κ1) is 22.6. The van der Waals surface area contributed by atoms with Gasteiger partial charge in [-0.2, -0.15) is 0 Å². The molecule has 1 aromatic carbocycles. The lowest BCUT2D eigenvalue weighted by molar-refractivity contribution is 0.0240. The van der Waals surface area contributed by atoms with Crippen LogP contribution in [0.3, 0.4) is 0 Å². The fourth-order valence-corrected chi connectivity index (χ4v) is 3.71. The number of rotatable bonds is 3. The lowest BCUT2D eigenvalue weighted by Gasteiger charge is -2.36. The van der Waals surface area contributed by atoms with Crippen molar-refractivity contribution in [2.75, 3.05) is 38.2 Å². The number of amides is 1. The molecule has 174 valence electrons. The number of hydrogen-bond donors (Lipinski definition) is 0. The van der Waals surface area contributed by atoms with E-state index in [4.69, 9.17) is 9.47 Å². The van der Waals surface area contributed by atoms with Crippen molar-refractivity contribution in [3.63, 3.8) is 0 Å². The molecule has 1 aliphatic heterocycles. The van der Waals surface area contributed by atoms with Crippen molar-refractivity contribution < 1.29 is 18.7 Å². The lowest BCUT2D eigenvalue weighted by Crippen LogP contribution is -2.50. The molecule has 0 N–H and O–H groups in total. The maximum absolute atomic E-state index is 14.1. The molecule has 33 heavy (non-hydrogen) atoms. The number of anilines is 1. The van der Waals surface area contributed by atoms with Crippen molar-refractivity contribution in [2.24, 2.45) is 0 Å². The maximum atomic E-state index is 14.1. The Morgan fingerprint density at radius 2 is 1.73 bits per heavy atom. The molecule has 3 aromatic rings. The Kier molecular flexibility index (Phi) is 5.97. The van der Waals surface area contributed by atoms with Gasteiger partial charge in [-0.15, -0.1) is 0 Å². The molecule has 0 saturated carbocycles. The Balaban J connectivity index is 1.53. The minimum absolute atomic E-state index is 0.162. The third kappa shape index (κ3) is 4.92. The second-order valence-corrected chi connectivity index (χ2v) is 8.90. The first-order valence-electron chi connectivity index (χ1n) is 10.7. The van der Waals surface area contributed by atoms with Crippen LogP contribution in [0.1, 0.15) is 20.8 Å². The molecule has 3 heterocycles. The number of halogens is 1. The van der Waals surface area contributed by atoms with Crippen molar-refractivity contribution >= 4 is 17.6 Å². The molecule has 4 rings (SSSR count). The molecule has 0 radical (unpaired) electrons. The number of carbonyl (C=O) groups is 1. The van der Waals surface area contributed by atoms with Crippen LogP contribution in [0, 0.1) is 5.82 Å². The second kappa shape index (κ2) is 8.73. The summed E-state index contributed by atoms with van der Waals surface area (Å²) in [6, 6.07) is 9.67. The van der Waals surface area contributed by atoms with E-state index in [0.29, 0.717) is 48.8 Å². The van der Waals surface area contributed by atoms with Crippen LogP contribution in [0.4, 0.5) is 15.0 Å². The average Bonchev–Trinajstić information content (AvgIpc) is 2.77. The highest BCUT2D eigenvalue weighted by atomic mass is 19.1. The number of hydrogen-bond acceptors (Lipinski definition) is 6. The fourth-order valence-electron chi connectivity index (χ4n) is 3.71. The second-order valence-electron chi connectivity index (χ2n) is 8.90. The summed E-state index contributed by atoms with van der Waals surface area (Å²) in [7, 11) is 1.41. The number of pyridine rings is 1. The Morgan fingerprint density at radius 3 is 2.36 bits per heavy atom. The van der Waals surface area contributed by atoms with E-state index in [2.05, 4.69) is 4.98 Å². The van der Waals surface area contributed by atoms with E-state index in [1.165, 1.54) is 23.6 Å². The number of nitrogens with zero attached hydrogens (tertiary/aromatic N) is 4. The molecular formula is C24H27FN4O4. The Bertz CT molecular complexity index is 1240. The van der Waals surface area contributed by atoms with Gasteiger partial charge >= 0.3 is 6.09 Å². The molecule has 1 fully saturated rings. The number of methoxy groups -OCH3 is 1. The molecule has 9 heteroatoms. The van der Waals surface area contributed by atoms with Gasteiger partial charge < -0.3 is 19.3 Å². The highest BCUT2D eigenvalue weighted by molar-refractivity contribution is 5.69. The molecule has 2 aromatic heterocycles. The van der Waals surface area contributed by atoms with E-state index >= 15 is 0 Å². The number of benzene rings is 1. The van der Waals surface area contributed by atoms with Crippen LogP contribution < -0.4 is 15.2 Å². The quantitative estimate of drug-likeness (QED) is 0.602. The Morgan fingerprint density at radius 1 is 1.03 bits per heavy atom. The summed E-state index contributed by atoms with van der Waals surface area (Å²) in [5.41, 5.74) is 1.03. The standard InChI is InChI=1S/C24H27FN4O4/c1-24(2,3)33-23(31)28-11-9-27(10-12-28)21-14-22(30)29-15-17(6-8-20(29)26-21)16-5-7-19(32-4)18(25)13-16/h5-8,13-15H,9-12H2,1-4H3. The molecule has 0 bridgehead atoms. The summed E-state index contributed by atoms with van der Waals surface area (Å²) in [5.74, 6) is 0.253. The lowest BCUT2D eigenvalue weighted by atomic mass is 10.1. The van der Waals surface area contributed by atoms with Crippen LogP contribution >= 0.6 is 0 Å². The van der Waals surface area contributed by atoms with Crippen LogP contribution in [0.25, 0.3) is 16.8 Å². The topological polar surface area (TPSA) is 76.4 Å². The summed E-state index contributed by atoms with van der Waals surface area (Å²) in [4.78, 5) is 33.4. The average molecular weight is 455 g/mol. The van der Waals surface area contributed by atoms with Crippen molar-refractivity contribution in [3.8, 4) is 16.9 Å². The SMILES string of the molecule is COc1ccc(-c2ccc3nc(N4CCN(C(=O)OC(C)(C)C)CC4)cc(=O)n3c2)cc1F. The molecule has 0 aliphatic carbocycles. The Hall–Kier alpha value is -3.62. The van der Waals surface area contributed by atoms with Gasteiger partial charge in [0.25, 0.3) is 5.56 Å². The number of piperazine rings is 1. The van der Waals surface area contributed by atoms with Gasteiger partial charge in [0.15, 0.2) is 11.6 Å². The van der Waals surface area contributed by atoms with E-state index in [-0.39, 0.29) is 17.4 Å². The highest BCUT2D eigenvalue weighted by Crippen LogP contribution is 2.26. The van der Waals surface area contributed by atoms with Crippen LogP contribution in [-0.2, 0) is 4.74 Å². The van der Waals surface area contributed by atoms with Gasteiger partial charge in [0.05, 0.1) is 7.11 Å². The largest absolute Gasteiger partial charge is 0.494 e. The zero-order valence-corrected chi connectivity index (χ0v) is 19.2. The van der Waals surface area contributed by atoms with E-state index in [1.807, 2.05) is 25.7 Å². The first-order chi connectivity index (χ1) is 15.6. The predicted octanol–water partition coefficient (Wildman–Crippen LogP) is 3.57. The van der Waals surface area contributed by atoms with Gasteiger partial charge in [0, 0.05) is 38.4 Å². The number of aromatic nitrogens is 2. The molecule has 1 aliphatic rings. The van der Waals surface area contributed by atoms with Gasteiger partial charge in [-0.05, 0) is 56.2 Å².